The molecule has 0 saturated carbocycles. The first kappa shape index (κ1) is 12.5. The summed E-state index contributed by atoms with van der Waals surface area (Å²) < 4.78 is 32.8. The normalized spacial score (nSPS) is 14.1. The van der Waals surface area contributed by atoms with Crippen LogP contribution >= 0.6 is 7.60 Å². The van der Waals surface area contributed by atoms with E-state index in [4.69, 9.17) is 0 Å². The monoisotopic (exact) mass is 215 g/mol. The molecule has 0 bridgehead atoms. The van der Waals surface area contributed by atoms with E-state index < -0.39 is 18.6 Å². The van der Waals surface area contributed by atoms with Crippen LogP contribution < -0.4 is 0 Å². The molecule has 0 aromatic heterocycles. The van der Waals surface area contributed by atoms with Crippen LogP contribution in [0.3, 0.4) is 0 Å². The Bertz CT molecular complexity index is 213. The third-order valence-corrected chi connectivity index (χ3v) is 3.00. The number of hydrogen-bond donors (Lipinski definition) is 0. The fraction of sp³-hybridized carbons (Fsp3) is 1.00. The summed E-state index contributed by atoms with van der Waals surface area (Å²) in [5, 5.41) is 9.99. The molecular weight excluding hydrogens is 204 g/mol. The summed E-state index contributed by atoms with van der Waals surface area (Å²) >= 11 is 0. The van der Waals surface area contributed by atoms with Gasteiger partial charge in [0.15, 0.2) is 0 Å². The van der Waals surface area contributed by atoms with Crippen LogP contribution in [0, 0.1) is 10.1 Å². The smallest absolute Gasteiger partial charge is 0.302 e. The van der Waals surface area contributed by atoms with Gasteiger partial charge in [-0.15, -0.1) is 0 Å². The van der Waals surface area contributed by atoms with Gasteiger partial charge in [0.1, 0.15) is 0 Å². The average molecular weight is 215 g/mol. The molecule has 0 saturated heterocycles. The molecule has 0 N–H and O–H groups in total. The van der Waals surface area contributed by atoms with Gasteiger partial charge >= 0.3 is 13.6 Å². The van der Waals surface area contributed by atoms with Crippen LogP contribution in [0.15, 0.2) is 0 Å². The minimum atomic E-state index is -4.23. The lowest BCUT2D eigenvalue weighted by Crippen LogP contribution is -2.17. The van der Waals surface area contributed by atoms with E-state index in [1.165, 1.54) is 13.8 Å². The molecule has 0 spiro atoms. The second-order valence-electron chi connectivity index (χ2n) is 1.97. The average Bonchev–Trinajstić information content (AvgIpc) is 2.03. The maximum Gasteiger partial charge on any atom is 0.447 e. The molecule has 78 valence electrons. The first-order chi connectivity index (χ1) is 5.98. The predicted molar refractivity (Wildman–Crippen MR) is 42.7 cm³/mol. The number of halogens is 1. The van der Waals surface area contributed by atoms with Gasteiger partial charge in [0.05, 0.1) is 18.1 Å². The predicted octanol–water partition coefficient (Wildman–Crippen LogP) is 1.78. The zero-order valence-electron chi connectivity index (χ0n) is 7.31. The number of nitrogens with zero attached hydrogens (tertiary/aromatic N) is 1. The maximum atomic E-state index is 12.7. The molecule has 6 nitrogen and oxygen atoms in total. The minimum Gasteiger partial charge on any atom is -0.302 e. The van der Waals surface area contributed by atoms with Gasteiger partial charge in [0, 0.05) is 0 Å². The van der Waals surface area contributed by atoms with Crippen LogP contribution in [0.2, 0.25) is 0 Å². The Kier molecular flexibility index (Phi) is 5.05. The van der Waals surface area contributed by atoms with Crippen molar-refractivity contribution in [3.8, 4) is 0 Å². The van der Waals surface area contributed by atoms with Crippen molar-refractivity contribution in [3.63, 3.8) is 0 Å². The van der Waals surface area contributed by atoms with Crippen LogP contribution in [0.25, 0.3) is 0 Å². The Labute approximate surface area is 74.7 Å². The fourth-order valence-electron chi connectivity index (χ4n) is 0.636. The Morgan fingerprint density at radius 3 is 2.08 bits per heavy atom. The van der Waals surface area contributed by atoms with Crippen LogP contribution in [-0.2, 0) is 13.6 Å². The van der Waals surface area contributed by atoms with Gasteiger partial charge in [-0.1, -0.05) is 0 Å². The third-order valence-electron chi connectivity index (χ3n) is 1.05. The lowest BCUT2D eigenvalue weighted by molar-refractivity contribution is -0.529. The molecule has 0 radical (unpaired) electrons. The number of rotatable bonds is 6. The molecule has 0 fully saturated rings. The topological polar surface area (TPSA) is 78.7 Å². The molecule has 0 aromatic rings. The molecule has 0 aliphatic carbocycles. The minimum absolute atomic E-state index is 0.106. The van der Waals surface area contributed by atoms with E-state index in [9.17, 15) is 19.1 Å². The Morgan fingerprint density at radius 2 is 1.85 bits per heavy atom. The maximum absolute atomic E-state index is 12.7. The van der Waals surface area contributed by atoms with Gasteiger partial charge in [-0.2, -0.15) is 4.39 Å². The molecular formula is C5H11FNO5P. The van der Waals surface area contributed by atoms with Gasteiger partial charge in [0.25, 0.3) is 0 Å². The highest BCUT2D eigenvalue weighted by Gasteiger charge is 2.45. The van der Waals surface area contributed by atoms with E-state index >= 15 is 0 Å². The summed E-state index contributed by atoms with van der Waals surface area (Å²) in [6, 6.07) is -2.81. The second-order valence-corrected chi connectivity index (χ2v) is 3.99. The van der Waals surface area contributed by atoms with E-state index in [1.54, 1.807) is 0 Å². The lowest BCUT2D eigenvalue weighted by Gasteiger charge is -2.14. The van der Waals surface area contributed by atoms with Gasteiger partial charge < -0.3 is 9.05 Å². The van der Waals surface area contributed by atoms with Crippen molar-refractivity contribution in [2.24, 2.45) is 0 Å². The van der Waals surface area contributed by atoms with Crippen molar-refractivity contribution in [1.82, 2.24) is 0 Å². The van der Waals surface area contributed by atoms with Crippen molar-refractivity contribution in [3.05, 3.63) is 10.1 Å². The highest BCUT2D eigenvalue weighted by atomic mass is 31.2. The summed E-state index contributed by atoms with van der Waals surface area (Å²) in [6.45, 7) is 2.67. The van der Waals surface area contributed by atoms with Gasteiger partial charge in [-0.3, -0.25) is 10.1 Å². The first-order valence-corrected chi connectivity index (χ1v) is 5.25. The van der Waals surface area contributed by atoms with Crippen molar-refractivity contribution in [1.29, 1.82) is 0 Å². The summed E-state index contributed by atoms with van der Waals surface area (Å²) in [5.41, 5.74) is 0. The van der Waals surface area contributed by atoms with Gasteiger partial charge in [-0.25, -0.2) is 4.57 Å². The van der Waals surface area contributed by atoms with Gasteiger partial charge in [-0.05, 0) is 13.8 Å². The fourth-order valence-corrected chi connectivity index (χ4v) is 1.91. The van der Waals surface area contributed by atoms with Crippen LogP contribution in [-0.4, -0.2) is 24.2 Å². The highest BCUT2D eigenvalue weighted by Crippen LogP contribution is 2.53. The van der Waals surface area contributed by atoms with E-state index in [2.05, 4.69) is 9.05 Å². The summed E-state index contributed by atoms with van der Waals surface area (Å²) in [6.07, 6.45) is 0. The molecule has 1 unspecified atom stereocenters. The number of hydrogen-bond acceptors (Lipinski definition) is 5. The standard InChI is InChI=1S/C5H11FNO5P/c1-3-11-13(10,12-4-2)5(6)7(8)9/h5H,3-4H2,1-2H3. The Hall–Kier alpha value is -0.520. The van der Waals surface area contributed by atoms with E-state index in [0.717, 1.165) is 0 Å². The highest BCUT2D eigenvalue weighted by molar-refractivity contribution is 7.54. The molecule has 0 aliphatic rings. The molecule has 1 atom stereocenters. The molecule has 0 rings (SSSR count). The molecule has 0 heterocycles. The summed E-state index contributed by atoms with van der Waals surface area (Å²) in [7, 11) is -4.23. The summed E-state index contributed by atoms with van der Waals surface area (Å²) in [4.78, 5) is 8.67. The second kappa shape index (κ2) is 5.26. The van der Waals surface area contributed by atoms with E-state index in [0.29, 0.717) is 0 Å². The largest absolute Gasteiger partial charge is 0.447 e. The zero-order valence-corrected chi connectivity index (χ0v) is 8.20. The first-order valence-electron chi connectivity index (χ1n) is 3.64. The molecule has 0 aromatic carbocycles. The van der Waals surface area contributed by atoms with Crippen LogP contribution in [0.5, 0.6) is 0 Å². The van der Waals surface area contributed by atoms with Crippen LogP contribution in [0.1, 0.15) is 13.8 Å². The molecule has 0 aliphatic heterocycles. The van der Waals surface area contributed by atoms with Crippen molar-refractivity contribution >= 4 is 7.60 Å². The molecule has 8 heteroatoms. The van der Waals surface area contributed by atoms with Gasteiger partial charge in [0.2, 0.25) is 0 Å². The van der Waals surface area contributed by atoms with Crippen molar-refractivity contribution in [2.75, 3.05) is 13.2 Å². The molecule has 0 amide bonds. The summed E-state index contributed by atoms with van der Waals surface area (Å²) in [5.74, 6) is 0. The number of nitro groups is 1. The van der Waals surface area contributed by atoms with E-state index in [-0.39, 0.29) is 13.2 Å². The zero-order chi connectivity index (χ0) is 10.5. The Balaban J connectivity index is 4.57. The third kappa shape index (κ3) is 3.38. The Morgan fingerprint density at radius 1 is 1.46 bits per heavy atom. The SMILES string of the molecule is CCOP(=O)(OCC)C(F)[N+](=O)[O-]. The van der Waals surface area contributed by atoms with Crippen molar-refractivity contribution in [2.45, 2.75) is 19.9 Å². The van der Waals surface area contributed by atoms with E-state index in [1.807, 2.05) is 0 Å². The lowest BCUT2D eigenvalue weighted by atomic mass is 10.9. The number of alkyl halides is 1. The van der Waals surface area contributed by atoms with Crippen LogP contribution in [0.4, 0.5) is 4.39 Å². The van der Waals surface area contributed by atoms with Crippen molar-refractivity contribution < 1.29 is 22.9 Å². The molecule has 13 heavy (non-hydrogen) atoms. The quantitative estimate of drug-likeness (QED) is 0.292.